The molecule has 2 N–H and O–H groups in total. The van der Waals surface area contributed by atoms with Crippen molar-refractivity contribution in [1.29, 1.82) is 0 Å². The van der Waals surface area contributed by atoms with Gasteiger partial charge in [-0.15, -0.1) is 0 Å². The van der Waals surface area contributed by atoms with Crippen molar-refractivity contribution in [3.63, 3.8) is 0 Å². The quantitative estimate of drug-likeness (QED) is 0.909. The number of carbonyl (C=O) groups excluding carboxylic acids is 1. The van der Waals surface area contributed by atoms with Gasteiger partial charge in [-0.25, -0.2) is 0 Å². The van der Waals surface area contributed by atoms with Gasteiger partial charge in [0, 0.05) is 12.1 Å². The first-order valence-electron chi connectivity index (χ1n) is 7.35. The first-order valence-corrected chi connectivity index (χ1v) is 7.35. The molecule has 1 amide bonds. The molecule has 0 bridgehead atoms. The highest BCUT2D eigenvalue weighted by atomic mass is 16.5. The van der Waals surface area contributed by atoms with Crippen LogP contribution < -0.4 is 15.4 Å². The van der Waals surface area contributed by atoms with E-state index in [1.165, 1.54) is 0 Å². The molecule has 0 saturated heterocycles. The summed E-state index contributed by atoms with van der Waals surface area (Å²) >= 11 is 0. The first-order chi connectivity index (χ1) is 10.6. The summed E-state index contributed by atoms with van der Waals surface area (Å²) in [4.78, 5) is 11.9. The van der Waals surface area contributed by atoms with E-state index < -0.39 is 6.10 Å². The Bertz CT molecular complexity index is 689. The third-order valence-electron chi connectivity index (χ3n) is 3.69. The highest BCUT2D eigenvalue weighted by molar-refractivity contribution is 5.83. The molecule has 2 heterocycles. The number of ether oxygens (including phenoxy) is 1. The SMILES string of the molecule is CCNC(=O)C1CNc2cc(-c3c(C)noc3C)ccc2O1. The Kier molecular flexibility index (Phi) is 3.75. The van der Waals surface area contributed by atoms with Gasteiger partial charge in [0.1, 0.15) is 11.5 Å². The van der Waals surface area contributed by atoms with Gasteiger partial charge >= 0.3 is 0 Å². The van der Waals surface area contributed by atoms with Gasteiger partial charge in [-0.2, -0.15) is 0 Å². The Balaban J connectivity index is 1.86. The zero-order valence-electron chi connectivity index (χ0n) is 12.9. The van der Waals surface area contributed by atoms with Crippen LogP contribution in [0.1, 0.15) is 18.4 Å². The van der Waals surface area contributed by atoms with E-state index in [9.17, 15) is 4.79 Å². The predicted molar refractivity (Wildman–Crippen MR) is 83.0 cm³/mol. The first kappa shape index (κ1) is 14.4. The lowest BCUT2D eigenvalue weighted by atomic mass is 10.0. The highest BCUT2D eigenvalue weighted by Gasteiger charge is 2.26. The van der Waals surface area contributed by atoms with Crippen LogP contribution in [0.2, 0.25) is 0 Å². The van der Waals surface area contributed by atoms with Crippen molar-refractivity contribution in [3.05, 3.63) is 29.7 Å². The van der Waals surface area contributed by atoms with Crippen molar-refractivity contribution in [3.8, 4) is 16.9 Å². The number of amides is 1. The molecule has 0 fully saturated rings. The second kappa shape index (κ2) is 5.71. The molecule has 1 aliphatic heterocycles. The molecule has 6 nitrogen and oxygen atoms in total. The summed E-state index contributed by atoms with van der Waals surface area (Å²) in [5, 5.41) is 10.0. The van der Waals surface area contributed by atoms with E-state index >= 15 is 0 Å². The summed E-state index contributed by atoms with van der Waals surface area (Å²) < 4.78 is 11.0. The number of aryl methyl sites for hydroxylation is 2. The lowest BCUT2D eigenvalue weighted by Gasteiger charge is -2.26. The molecule has 6 heteroatoms. The van der Waals surface area contributed by atoms with Crippen molar-refractivity contribution in [1.82, 2.24) is 10.5 Å². The van der Waals surface area contributed by atoms with E-state index in [0.29, 0.717) is 18.8 Å². The second-order valence-corrected chi connectivity index (χ2v) is 5.29. The third-order valence-corrected chi connectivity index (χ3v) is 3.69. The number of likely N-dealkylation sites (N-methyl/N-ethyl adjacent to an activating group) is 1. The highest BCUT2D eigenvalue weighted by Crippen LogP contribution is 2.35. The molecule has 0 radical (unpaired) electrons. The molecule has 22 heavy (non-hydrogen) atoms. The molecule has 1 aromatic carbocycles. The van der Waals surface area contributed by atoms with Crippen LogP contribution in [0.3, 0.4) is 0 Å². The van der Waals surface area contributed by atoms with Crippen molar-refractivity contribution >= 4 is 11.6 Å². The number of rotatable bonds is 3. The fourth-order valence-corrected chi connectivity index (χ4v) is 2.65. The molecule has 0 spiro atoms. The number of nitrogens with zero attached hydrogens (tertiary/aromatic N) is 1. The number of nitrogens with one attached hydrogen (secondary N) is 2. The summed E-state index contributed by atoms with van der Waals surface area (Å²) in [5.41, 5.74) is 3.74. The van der Waals surface area contributed by atoms with E-state index in [1.807, 2.05) is 39.0 Å². The number of fused-ring (bicyclic) bond motifs is 1. The third kappa shape index (κ3) is 2.52. The Morgan fingerprint density at radius 1 is 1.45 bits per heavy atom. The number of carbonyl (C=O) groups is 1. The van der Waals surface area contributed by atoms with Crippen molar-refractivity contribution < 1.29 is 14.1 Å². The summed E-state index contributed by atoms with van der Waals surface area (Å²) in [5.74, 6) is 1.36. The monoisotopic (exact) mass is 301 g/mol. The topological polar surface area (TPSA) is 76.4 Å². The van der Waals surface area contributed by atoms with Gasteiger partial charge in [-0.3, -0.25) is 4.79 Å². The standard InChI is InChI=1S/C16H19N3O3/c1-4-17-16(20)14-8-18-12-7-11(5-6-13(12)21-14)15-9(2)19-22-10(15)3/h5-7,14,18H,4,8H2,1-3H3,(H,17,20). The molecule has 1 aliphatic rings. The van der Waals surface area contributed by atoms with Gasteiger partial charge in [0.05, 0.1) is 17.9 Å². The number of benzene rings is 1. The predicted octanol–water partition coefficient (Wildman–Crippen LogP) is 2.27. The molecule has 1 atom stereocenters. The van der Waals surface area contributed by atoms with E-state index in [0.717, 1.165) is 28.3 Å². The molecule has 1 unspecified atom stereocenters. The largest absolute Gasteiger partial charge is 0.477 e. The second-order valence-electron chi connectivity index (χ2n) is 5.29. The van der Waals surface area contributed by atoms with Crippen LogP contribution in [0.5, 0.6) is 5.75 Å². The Labute approximate surface area is 128 Å². The fraction of sp³-hybridized carbons (Fsp3) is 0.375. The Morgan fingerprint density at radius 2 is 2.27 bits per heavy atom. The summed E-state index contributed by atoms with van der Waals surface area (Å²) in [6, 6.07) is 5.82. The Hall–Kier alpha value is -2.50. The van der Waals surface area contributed by atoms with E-state index in [1.54, 1.807) is 0 Å². The van der Waals surface area contributed by atoms with Crippen molar-refractivity contribution in [2.75, 3.05) is 18.4 Å². The van der Waals surface area contributed by atoms with Crippen LogP contribution in [0, 0.1) is 13.8 Å². The Morgan fingerprint density at radius 3 is 2.95 bits per heavy atom. The number of anilines is 1. The van der Waals surface area contributed by atoms with E-state index in [4.69, 9.17) is 9.26 Å². The maximum Gasteiger partial charge on any atom is 0.262 e. The zero-order valence-corrected chi connectivity index (χ0v) is 12.9. The molecular weight excluding hydrogens is 282 g/mol. The summed E-state index contributed by atoms with van der Waals surface area (Å²) in [6.45, 7) is 6.74. The number of hydrogen-bond acceptors (Lipinski definition) is 5. The van der Waals surface area contributed by atoms with Gasteiger partial charge in [-0.1, -0.05) is 11.2 Å². The van der Waals surface area contributed by atoms with Crippen molar-refractivity contribution in [2.24, 2.45) is 0 Å². The molecular formula is C16H19N3O3. The molecule has 0 saturated carbocycles. The number of hydrogen-bond donors (Lipinski definition) is 2. The molecule has 116 valence electrons. The summed E-state index contributed by atoms with van der Waals surface area (Å²) in [6.07, 6.45) is -0.502. The van der Waals surface area contributed by atoms with E-state index in [2.05, 4.69) is 15.8 Å². The maximum atomic E-state index is 11.9. The van der Waals surface area contributed by atoms with E-state index in [-0.39, 0.29) is 5.91 Å². The minimum absolute atomic E-state index is 0.101. The lowest BCUT2D eigenvalue weighted by Crippen LogP contribution is -2.44. The number of aromatic nitrogens is 1. The average Bonchev–Trinajstić information content (AvgIpc) is 2.85. The van der Waals surface area contributed by atoms with Gasteiger partial charge in [0.2, 0.25) is 0 Å². The van der Waals surface area contributed by atoms with Crippen LogP contribution in [0.15, 0.2) is 22.7 Å². The minimum Gasteiger partial charge on any atom is -0.477 e. The molecule has 0 aliphatic carbocycles. The van der Waals surface area contributed by atoms with Gasteiger partial charge < -0.3 is 19.9 Å². The van der Waals surface area contributed by atoms with Crippen LogP contribution in [-0.2, 0) is 4.79 Å². The van der Waals surface area contributed by atoms with Gasteiger partial charge in [-0.05, 0) is 38.5 Å². The minimum atomic E-state index is -0.502. The van der Waals surface area contributed by atoms with Crippen LogP contribution >= 0.6 is 0 Å². The normalized spacial score (nSPS) is 16.4. The van der Waals surface area contributed by atoms with Crippen LogP contribution in [0.25, 0.3) is 11.1 Å². The molecule has 3 rings (SSSR count). The zero-order chi connectivity index (χ0) is 15.7. The summed E-state index contributed by atoms with van der Waals surface area (Å²) in [7, 11) is 0. The molecule has 2 aromatic rings. The molecule has 1 aromatic heterocycles. The van der Waals surface area contributed by atoms with Crippen LogP contribution in [-0.4, -0.2) is 30.3 Å². The van der Waals surface area contributed by atoms with Gasteiger partial charge in [0.15, 0.2) is 6.10 Å². The average molecular weight is 301 g/mol. The fourth-order valence-electron chi connectivity index (χ4n) is 2.65. The van der Waals surface area contributed by atoms with Crippen LogP contribution in [0.4, 0.5) is 5.69 Å². The van der Waals surface area contributed by atoms with Gasteiger partial charge in [0.25, 0.3) is 5.91 Å². The lowest BCUT2D eigenvalue weighted by molar-refractivity contribution is -0.127. The smallest absolute Gasteiger partial charge is 0.262 e. The van der Waals surface area contributed by atoms with Crippen molar-refractivity contribution in [2.45, 2.75) is 26.9 Å². The maximum absolute atomic E-state index is 11.9.